The predicted octanol–water partition coefficient (Wildman–Crippen LogP) is 3.11. The number of nitrogens with two attached hydrogens (primary N) is 1. The monoisotopic (exact) mass is 247 g/mol. The van der Waals surface area contributed by atoms with Gasteiger partial charge in [0.05, 0.1) is 0 Å². The molecule has 1 unspecified atom stereocenters. The zero-order valence-corrected chi connectivity index (χ0v) is 11.6. The highest BCUT2D eigenvalue weighted by molar-refractivity contribution is 5.28. The summed E-state index contributed by atoms with van der Waals surface area (Å²) in [5.41, 5.74) is 8.07. The van der Waals surface area contributed by atoms with Crippen LogP contribution in [0.2, 0.25) is 0 Å². The van der Waals surface area contributed by atoms with Crippen molar-refractivity contribution in [1.82, 2.24) is 0 Å². The lowest BCUT2D eigenvalue weighted by Gasteiger charge is -2.43. The van der Waals surface area contributed by atoms with Crippen LogP contribution in [0.15, 0.2) is 30.3 Å². The van der Waals surface area contributed by atoms with Crippen molar-refractivity contribution < 1.29 is 4.74 Å². The Kier molecular flexibility index (Phi) is 4.41. The molecule has 0 amide bonds. The third kappa shape index (κ3) is 2.76. The first kappa shape index (κ1) is 13.6. The zero-order chi connectivity index (χ0) is 13.0. The Balaban J connectivity index is 2.28. The smallest absolute Gasteiger partial charge is 0.0475 e. The van der Waals surface area contributed by atoms with Crippen LogP contribution in [0, 0.1) is 5.92 Å². The average Bonchev–Trinajstić information content (AvgIpc) is 2.40. The summed E-state index contributed by atoms with van der Waals surface area (Å²) in [6.07, 6.45) is 3.17. The quantitative estimate of drug-likeness (QED) is 0.887. The molecule has 0 aromatic heterocycles. The van der Waals surface area contributed by atoms with Gasteiger partial charge < -0.3 is 10.5 Å². The molecule has 2 N–H and O–H groups in total. The van der Waals surface area contributed by atoms with E-state index in [1.807, 2.05) is 0 Å². The first-order chi connectivity index (χ1) is 8.65. The molecule has 0 radical (unpaired) electrons. The molecule has 1 fully saturated rings. The van der Waals surface area contributed by atoms with Gasteiger partial charge in [-0.25, -0.2) is 0 Å². The summed E-state index contributed by atoms with van der Waals surface area (Å²) in [7, 11) is 0. The van der Waals surface area contributed by atoms with Crippen LogP contribution in [0.1, 0.15) is 38.7 Å². The van der Waals surface area contributed by atoms with E-state index in [1.165, 1.54) is 5.56 Å². The van der Waals surface area contributed by atoms with Gasteiger partial charge in [0.25, 0.3) is 0 Å². The lowest BCUT2D eigenvalue weighted by Crippen LogP contribution is -2.49. The molecule has 0 aliphatic carbocycles. The Hall–Kier alpha value is -0.860. The summed E-state index contributed by atoms with van der Waals surface area (Å²) in [4.78, 5) is 0. The van der Waals surface area contributed by atoms with Gasteiger partial charge in [0.15, 0.2) is 0 Å². The molecule has 1 aliphatic rings. The summed E-state index contributed by atoms with van der Waals surface area (Å²) in [5.74, 6) is 0.642. The van der Waals surface area contributed by atoms with Gasteiger partial charge in [0.2, 0.25) is 0 Å². The molecule has 1 aromatic carbocycles. The Morgan fingerprint density at radius 3 is 2.33 bits per heavy atom. The van der Waals surface area contributed by atoms with Crippen LogP contribution in [-0.4, -0.2) is 19.3 Å². The molecule has 100 valence electrons. The number of rotatable bonds is 4. The Morgan fingerprint density at radius 1 is 1.17 bits per heavy atom. The molecular formula is C16H25NO. The van der Waals surface area contributed by atoms with Crippen LogP contribution in [0.5, 0.6) is 0 Å². The van der Waals surface area contributed by atoms with Gasteiger partial charge in [-0.3, -0.25) is 0 Å². The summed E-state index contributed by atoms with van der Waals surface area (Å²) in [6.45, 7) is 6.16. The van der Waals surface area contributed by atoms with E-state index in [-0.39, 0.29) is 11.5 Å². The number of benzene rings is 1. The standard InChI is InChI=1S/C16H25NO/c1-13(2)12-15(17)16(8-10-18-11-9-16)14-6-4-3-5-7-14/h3-7,13,15H,8-12,17H2,1-2H3. The molecule has 1 saturated heterocycles. The Bertz CT molecular complexity index is 355. The highest BCUT2D eigenvalue weighted by atomic mass is 16.5. The number of hydrogen-bond acceptors (Lipinski definition) is 2. The molecule has 2 rings (SSSR count). The van der Waals surface area contributed by atoms with E-state index in [0.29, 0.717) is 5.92 Å². The minimum atomic E-state index is 0.115. The third-order valence-electron chi connectivity index (χ3n) is 4.17. The van der Waals surface area contributed by atoms with Crippen LogP contribution in [0.25, 0.3) is 0 Å². The fourth-order valence-electron chi connectivity index (χ4n) is 3.11. The lowest BCUT2D eigenvalue weighted by atomic mass is 9.67. The first-order valence-electron chi connectivity index (χ1n) is 7.04. The molecule has 1 aliphatic heterocycles. The van der Waals surface area contributed by atoms with E-state index in [2.05, 4.69) is 44.2 Å². The summed E-state index contributed by atoms with van der Waals surface area (Å²) < 4.78 is 5.55. The summed E-state index contributed by atoms with van der Waals surface area (Å²) in [5, 5.41) is 0. The van der Waals surface area contributed by atoms with Crippen molar-refractivity contribution in [2.24, 2.45) is 11.7 Å². The molecule has 2 heteroatoms. The number of hydrogen-bond donors (Lipinski definition) is 1. The second kappa shape index (κ2) is 5.85. The van der Waals surface area contributed by atoms with Gasteiger partial charge in [-0.05, 0) is 30.7 Å². The zero-order valence-electron chi connectivity index (χ0n) is 11.6. The Morgan fingerprint density at radius 2 is 1.78 bits per heavy atom. The fraction of sp³-hybridized carbons (Fsp3) is 0.625. The fourth-order valence-corrected chi connectivity index (χ4v) is 3.11. The molecule has 0 saturated carbocycles. The highest BCUT2D eigenvalue weighted by Gasteiger charge is 2.39. The molecule has 1 aromatic rings. The van der Waals surface area contributed by atoms with Crippen LogP contribution in [0.4, 0.5) is 0 Å². The van der Waals surface area contributed by atoms with Crippen LogP contribution in [0.3, 0.4) is 0 Å². The van der Waals surface area contributed by atoms with Crippen LogP contribution in [-0.2, 0) is 10.2 Å². The van der Waals surface area contributed by atoms with Gasteiger partial charge in [-0.15, -0.1) is 0 Å². The van der Waals surface area contributed by atoms with Crippen molar-refractivity contribution >= 4 is 0 Å². The average molecular weight is 247 g/mol. The SMILES string of the molecule is CC(C)CC(N)C1(c2ccccc2)CCOCC1. The van der Waals surface area contributed by atoms with E-state index < -0.39 is 0 Å². The minimum absolute atomic E-state index is 0.115. The van der Waals surface area contributed by atoms with Gasteiger partial charge >= 0.3 is 0 Å². The van der Waals surface area contributed by atoms with E-state index in [4.69, 9.17) is 10.5 Å². The molecular weight excluding hydrogens is 222 g/mol. The minimum Gasteiger partial charge on any atom is -0.381 e. The van der Waals surface area contributed by atoms with E-state index in [0.717, 1.165) is 32.5 Å². The van der Waals surface area contributed by atoms with Crippen LogP contribution < -0.4 is 5.73 Å². The summed E-state index contributed by atoms with van der Waals surface area (Å²) >= 11 is 0. The van der Waals surface area contributed by atoms with Crippen molar-refractivity contribution in [1.29, 1.82) is 0 Å². The third-order valence-corrected chi connectivity index (χ3v) is 4.17. The first-order valence-corrected chi connectivity index (χ1v) is 7.04. The number of ether oxygens (including phenoxy) is 1. The molecule has 1 atom stereocenters. The van der Waals surface area contributed by atoms with Crippen LogP contribution >= 0.6 is 0 Å². The maximum Gasteiger partial charge on any atom is 0.0475 e. The van der Waals surface area contributed by atoms with Crippen molar-refractivity contribution in [3.8, 4) is 0 Å². The van der Waals surface area contributed by atoms with E-state index in [9.17, 15) is 0 Å². The molecule has 0 spiro atoms. The Labute approximate surface area is 111 Å². The second-order valence-electron chi connectivity index (χ2n) is 5.87. The highest BCUT2D eigenvalue weighted by Crippen LogP contribution is 2.39. The molecule has 0 bridgehead atoms. The van der Waals surface area contributed by atoms with Gasteiger partial charge in [-0.1, -0.05) is 44.2 Å². The summed E-state index contributed by atoms with van der Waals surface area (Å²) in [6, 6.07) is 11.0. The maximum atomic E-state index is 6.56. The van der Waals surface area contributed by atoms with Gasteiger partial charge in [-0.2, -0.15) is 0 Å². The topological polar surface area (TPSA) is 35.2 Å². The normalized spacial score (nSPS) is 20.9. The van der Waals surface area contributed by atoms with E-state index in [1.54, 1.807) is 0 Å². The maximum absolute atomic E-state index is 6.56. The van der Waals surface area contributed by atoms with E-state index >= 15 is 0 Å². The largest absolute Gasteiger partial charge is 0.381 e. The predicted molar refractivity (Wildman–Crippen MR) is 75.6 cm³/mol. The second-order valence-corrected chi connectivity index (χ2v) is 5.87. The van der Waals surface area contributed by atoms with Crippen molar-refractivity contribution in [2.75, 3.05) is 13.2 Å². The molecule has 18 heavy (non-hydrogen) atoms. The van der Waals surface area contributed by atoms with Crippen molar-refractivity contribution in [2.45, 2.75) is 44.6 Å². The van der Waals surface area contributed by atoms with Gasteiger partial charge in [0.1, 0.15) is 0 Å². The molecule has 1 heterocycles. The van der Waals surface area contributed by atoms with Crippen molar-refractivity contribution in [3.05, 3.63) is 35.9 Å². The molecule has 2 nitrogen and oxygen atoms in total. The van der Waals surface area contributed by atoms with Gasteiger partial charge in [0, 0.05) is 24.7 Å². The lowest BCUT2D eigenvalue weighted by molar-refractivity contribution is 0.0372. The van der Waals surface area contributed by atoms with Crippen molar-refractivity contribution in [3.63, 3.8) is 0 Å².